The van der Waals surface area contributed by atoms with Crippen molar-refractivity contribution in [1.82, 2.24) is 0 Å². The lowest BCUT2D eigenvalue weighted by molar-refractivity contribution is -0.137. The Morgan fingerprint density at radius 1 is 1.00 bits per heavy atom. The molecule has 0 radical (unpaired) electrons. The Kier molecular flexibility index (Phi) is 4.03. The van der Waals surface area contributed by atoms with Crippen molar-refractivity contribution in [1.29, 1.82) is 0 Å². The average molecular weight is 378 g/mol. The van der Waals surface area contributed by atoms with Gasteiger partial charge in [0.05, 0.1) is 12.7 Å². The van der Waals surface area contributed by atoms with Gasteiger partial charge in [-0.05, 0) is 52.4 Å². The first-order chi connectivity index (χ1) is 8.93. The van der Waals surface area contributed by atoms with Crippen LogP contribution in [0.2, 0.25) is 0 Å². The Bertz CT molecular complexity index is 593. The zero-order valence-corrected chi connectivity index (χ0v) is 12.1. The van der Waals surface area contributed by atoms with Crippen molar-refractivity contribution in [3.8, 4) is 16.9 Å². The minimum absolute atomic E-state index is 0.521. The molecule has 5 heteroatoms. The van der Waals surface area contributed by atoms with Crippen LogP contribution in [-0.2, 0) is 6.18 Å². The maximum atomic E-state index is 12.8. The fourth-order valence-corrected chi connectivity index (χ4v) is 2.40. The normalized spacial score (nSPS) is 11.4. The van der Waals surface area contributed by atoms with Crippen molar-refractivity contribution in [2.75, 3.05) is 7.11 Å². The number of rotatable bonds is 2. The molecule has 0 spiro atoms. The molecule has 0 aliphatic carbocycles. The fraction of sp³-hybridized carbons (Fsp3) is 0.143. The van der Waals surface area contributed by atoms with Gasteiger partial charge in [0.25, 0.3) is 0 Å². The van der Waals surface area contributed by atoms with Gasteiger partial charge in [-0.2, -0.15) is 13.2 Å². The second-order valence-electron chi connectivity index (χ2n) is 3.89. The number of halogens is 4. The molecule has 0 saturated carbocycles. The molecule has 0 amide bonds. The maximum absolute atomic E-state index is 12.8. The SMILES string of the molecule is COc1ccccc1-c1cc(C(F)(F)F)ccc1I. The molecule has 0 unspecified atom stereocenters. The third kappa shape index (κ3) is 3.02. The third-order valence-corrected chi connectivity index (χ3v) is 3.63. The number of hydrogen-bond donors (Lipinski definition) is 0. The summed E-state index contributed by atoms with van der Waals surface area (Å²) < 4.78 is 44.2. The summed E-state index contributed by atoms with van der Waals surface area (Å²) in [6.07, 6.45) is -4.35. The van der Waals surface area contributed by atoms with E-state index < -0.39 is 11.7 Å². The molecule has 2 rings (SSSR count). The van der Waals surface area contributed by atoms with Gasteiger partial charge in [0.15, 0.2) is 0 Å². The highest BCUT2D eigenvalue weighted by atomic mass is 127. The number of alkyl halides is 3. The van der Waals surface area contributed by atoms with Gasteiger partial charge >= 0.3 is 6.18 Å². The molecule has 0 atom stereocenters. The van der Waals surface area contributed by atoms with Gasteiger partial charge in [0.1, 0.15) is 5.75 Å². The summed E-state index contributed by atoms with van der Waals surface area (Å²) in [4.78, 5) is 0. The Balaban J connectivity index is 2.61. The molecular formula is C14H10F3IO. The molecule has 0 N–H and O–H groups in total. The lowest BCUT2D eigenvalue weighted by Gasteiger charge is -2.13. The van der Waals surface area contributed by atoms with Crippen molar-refractivity contribution in [2.45, 2.75) is 6.18 Å². The average Bonchev–Trinajstić information content (AvgIpc) is 2.38. The molecule has 0 heterocycles. The van der Waals surface area contributed by atoms with Crippen LogP contribution in [0.3, 0.4) is 0 Å². The van der Waals surface area contributed by atoms with Crippen LogP contribution in [0.4, 0.5) is 13.2 Å². The smallest absolute Gasteiger partial charge is 0.416 e. The first kappa shape index (κ1) is 14.2. The summed E-state index contributed by atoms with van der Waals surface area (Å²) in [7, 11) is 1.50. The van der Waals surface area contributed by atoms with E-state index in [-0.39, 0.29) is 0 Å². The Morgan fingerprint density at radius 3 is 2.32 bits per heavy atom. The number of methoxy groups -OCH3 is 1. The summed E-state index contributed by atoms with van der Waals surface area (Å²) in [5.74, 6) is 0.555. The van der Waals surface area contributed by atoms with Gasteiger partial charge in [0.2, 0.25) is 0 Å². The highest BCUT2D eigenvalue weighted by Gasteiger charge is 2.31. The van der Waals surface area contributed by atoms with Crippen LogP contribution in [0.1, 0.15) is 5.56 Å². The van der Waals surface area contributed by atoms with Crippen LogP contribution in [0, 0.1) is 3.57 Å². The van der Waals surface area contributed by atoms with Crippen molar-refractivity contribution in [2.24, 2.45) is 0 Å². The van der Waals surface area contributed by atoms with E-state index in [9.17, 15) is 13.2 Å². The standard InChI is InChI=1S/C14H10F3IO/c1-19-13-5-3-2-4-10(13)11-8-9(14(15,16)17)6-7-12(11)18/h2-8H,1H3. The van der Waals surface area contributed by atoms with Crippen molar-refractivity contribution in [3.05, 3.63) is 51.6 Å². The lowest BCUT2D eigenvalue weighted by Crippen LogP contribution is -2.05. The fourth-order valence-electron chi connectivity index (χ4n) is 1.78. The van der Waals surface area contributed by atoms with Crippen molar-refractivity contribution in [3.63, 3.8) is 0 Å². The lowest BCUT2D eigenvalue weighted by atomic mass is 10.0. The zero-order valence-electron chi connectivity index (χ0n) is 9.96. The molecule has 1 nitrogen and oxygen atoms in total. The van der Waals surface area contributed by atoms with Crippen LogP contribution in [0.15, 0.2) is 42.5 Å². The Labute approximate surface area is 122 Å². The zero-order chi connectivity index (χ0) is 14.0. The van der Waals surface area contributed by atoms with Gasteiger partial charge < -0.3 is 4.74 Å². The van der Waals surface area contributed by atoms with Crippen LogP contribution in [0.25, 0.3) is 11.1 Å². The van der Waals surface area contributed by atoms with Gasteiger partial charge in [-0.25, -0.2) is 0 Å². The highest BCUT2D eigenvalue weighted by molar-refractivity contribution is 14.1. The Morgan fingerprint density at radius 2 is 1.68 bits per heavy atom. The molecule has 0 aromatic heterocycles. The second-order valence-corrected chi connectivity index (χ2v) is 5.05. The minimum atomic E-state index is -4.35. The molecule has 0 aliphatic heterocycles. The van der Waals surface area contributed by atoms with Crippen LogP contribution in [-0.4, -0.2) is 7.11 Å². The summed E-state index contributed by atoms with van der Waals surface area (Å²) >= 11 is 2.02. The topological polar surface area (TPSA) is 9.23 Å². The van der Waals surface area contributed by atoms with Crippen molar-refractivity contribution < 1.29 is 17.9 Å². The molecular weight excluding hydrogens is 368 g/mol. The summed E-state index contributed by atoms with van der Waals surface area (Å²) in [6, 6.07) is 10.7. The molecule has 0 bridgehead atoms. The van der Waals surface area contributed by atoms with E-state index in [4.69, 9.17) is 4.74 Å². The highest BCUT2D eigenvalue weighted by Crippen LogP contribution is 2.37. The van der Waals surface area contributed by atoms with E-state index in [1.54, 1.807) is 24.3 Å². The van der Waals surface area contributed by atoms with E-state index >= 15 is 0 Å². The van der Waals surface area contributed by atoms with Gasteiger partial charge in [-0.3, -0.25) is 0 Å². The minimum Gasteiger partial charge on any atom is -0.496 e. The Hall–Kier alpha value is -1.24. The largest absolute Gasteiger partial charge is 0.496 e. The molecule has 2 aromatic carbocycles. The molecule has 0 aliphatic rings. The summed E-state index contributed by atoms with van der Waals surface area (Å²) in [5, 5.41) is 0. The maximum Gasteiger partial charge on any atom is 0.416 e. The van der Waals surface area contributed by atoms with E-state index in [0.29, 0.717) is 16.9 Å². The van der Waals surface area contributed by atoms with E-state index in [0.717, 1.165) is 15.7 Å². The van der Waals surface area contributed by atoms with Gasteiger partial charge in [-0.1, -0.05) is 18.2 Å². The molecule has 2 aromatic rings. The number of hydrogen-bond acceptors (Lipinski definition) is 1. The van der Waals surface area contributed by atoms with Crippen LogP contribution in [0.5, 0.6) is 5.75 Å². The molecule has 0 fully saturated rings. The quantitative estimate of drug-likeness (QED) is 0.670. The predicted octanol–water partition coefficient (Wildman–Crippen LogP) is 4.99. The van der Waals surface area contributed by atoms with Crippen LogP contribution < -0.4 is 4.74 Å². The summed E-state index contributed by atoms with van der Waals surface area (Å²) in [5.41, 5.74) is 0.516. The first-order valence-corrected chi connectivity index (χ1v) is 6.51. The number of benzene rings is 2. The van der Waals surface area contributed by atoms with Gasteiger partial charge in [-0.15, -0.1) is 0 Å². The number of ether oxygens (including phenoxy) is 1. The van der Waals surface area contributed by atoms with Gasteiger partial charge in [0, 0.05) is 9.13 Å². The second kappa shape index (κ2) is 5.40. The predicted molar refractivity (Wildman–Crippen MR) is 76.1 cm³/mol. The van der Waals surface area contributed by atoms with E-state index in [1.807, 2.05) is 22.6 Å². The molecule has 0 saturated heterocycles. The summed E-state index contributed by atoms with van der Waals surface area (Å²) in [6.45, 7) is 0. The van der Waals surface area contributed by atoms with E-state index in [2.05, 4.69) is 0 Å². The first-order valence-electron chi connectivity index (χ1n) is 5.43. The molecule has 100 valence electrons. The third-order valence-electron chi connectivity index (χ3n) is 2.69. The monoisotopic (exact) mass is 378 g/mol. The van der Waals surface area contributed by atoms with Crippen molar-refractivity contribution >= 4 is 22.6 Å². The van der Waals surface area contributed by atoms with Crippen LogP contribution >= 0.6 is 22.6 Å². The molecule has 19 heavy (non-hydrogen) atoms. The van der Waals surface area contributed by atoms with E-state index in [1.165, 1.54) is 13.2 Å². The number of para-hydroxylation sites is 1.